The molecule has 0 saturated carbocycles. The van der Waals surface area contributed by atoms with Gasteiger partial charge in [0.05, 0.1) is 19.1 Å². The standard InChI is InChI=1S/C21H28N2O2.ClH/c1-16(14-25-15-18-9-5-3-6-10-18)13-23-21(24)17(2)20(22)19-11-7-4-8-12-19;/h3-12,16-17,20H,13-15,22H2,1-2H3,(H,23,24);1H. The summed E-state index contributed by atoms with van der Waals surface area (Å²) in [5, 5.41) is 2.98. The Morgan fingerprint density at radius 3 is 2.23 bits per heavy atom. The second kappa shape index (κ2) is 11.7. The number of amides is 1. The first-order chi connectivity index (χ1) is 12.1. The number of ether oxygens (including phenoxy) is 1. The van der Waals surface area contributed by atoms with Crippen LogP contribution in [0.4, 0.5) is 0 Å². The van der Waals surface area contributed by atoms with Gasteiger partial charge in [-0.15, -0.1) is 12.4 Å². The second-order valence-corrected chi connectivity index (χ2v) is 6.58. The van der Waals surface area contributed by atoms with Gasteiger partial charge < -0.3 is 15.8 Å². The fourth-order valence-corrected chi connectivity index (χ4v) is 2.57. The normalized spacial score (nSPS) is 14.0. The lowest BCUT2D eigenvalue weighted by atomic mass is 9.94. The van der Waals surface area contributed by atoms with E-state index in [-0.39, 0.29) is 36.2 Å². The smallest absolute Gasteiger partial charge is 0.224 e. The Labute approximate surface area is 162 Å². The summed E-state index contributed by atoms with van der Waals surface area (Å²) in [6.07, 6.45) is 0. The Morgan fingerprint density at radius 1 is 1.04 bits per heavy atom. The number of benzene rings is 2. The van der Waals surface area contributed by atoms with E-state index >= 15 is 0 Å². The molecule has 142 valence electrons. The van der Waals surface area contributed by atoms with Crippen molar-refractivity contribution < 1.29 is 9.53 Å². The van der Waals surface area contributed by atoms with Crippen molar-refractivity contribution in [1.82, 2.24) is 5.32 Å². The molecular weight excluding hydrogens is 348 g/mol. The number of hydrogen-bond acceptors (Lipinski definition) is 3. The maximum absolute atomic E-state index is 12.3. The second-order valence-electron chi connectivity index (χ2n) is 6.58. The molecule has 0 saturated heterocycles. The highest BCUT2D eigenvalue weighted by Gasteiger charge is 2.22. The molecule has 1 amide bonds. The summed E-state index contributed by atoms with van der Waals surface area (Å²) in [6, 6.07) is 19.5. The van der Waals surface area contributed by atoms with Crippen molar-refractivity contribution in [2.24, 2.45) is 17.6 Å². The molecular formula is C21H29ClN2O2. The summed E-state index contributed by atoms with van der Waals surface area (Å²) in [6.45, 7) is 5.71. The molecule has 3 N–H and O–H groups in total. The summed E-state index contributed by atoms with van der Waals surface area (Å²) in [5.41, 5.74) is 8.34. The van der Waals surface area contributed by atoms with Crippen molar-refractivity contribution in [2.75, 3.05) is 13.2 Å². The van der Waals surface area contributed by atoms with Crippen molar-refractivity contribution in [3.8, 4) is 0 Å². The van der Waals surface area contributed by atoms with Crippen molar-refractivity contribution >= 4 is 18.3 Å². The molecule has 0 heterocycles. The van der Waals surface area contributed by atoms with E-state index < -0.39 is 0 Å². The zero-order valence-corrected chi connectivity index (χ0v) is 16.2. The van der Waals surface area contributed by atoms with E-state index in [2.05, 4.69) is 12.2 Å². The number of hydrogen-bond donors (Lipinski definition) is 2. The van der Waals surface area contributed by atoms with Crippen LogP contribution in [0.3, 0.4) is 0 Å². The van der Waals surface area contributed by atoms with Crippen molar-refractivity contribution in [3.05, 3.63) is 71.8 Å². The van der Waals surface area contributed by atoms with E-state index in [1.54, 1.807) is 0 Å². The first-order valence-corrected chi connectivity index (χ1v) is 8.78. The molecule has 26 heavy (non-hydrogen) atoms. The van der Waals surface area contributed by atoms with Crippen molar-refractivity contribution in [3.63, 3.8) is 0 Å². The molecule has 3 atom stereocenters. The monoisotopic (exact) mass is 376 g/mol. The van der Waals surface area contributed by atoms with Gasteiger partial charge in [0.1, 0.15) is 0 Å². The fourth-order valence-electron chi connectivity index (χ4n) is 2.57. The Kier molecular flexibility index (Phi) is 9.96. The van der Waals surface area contributed by atoms with Crippen molar-refractivity contribution in [2.45, 2.75) is 26.5 Å². The van der Waals surface area contributed by atoms with Crippen LogP contribution in [0.15, 0.2) is 60.7 Å². The molecule has 2 aromatic rings. The van der Waals surface area contributed by atoms with E-state index in [9.17, 15) is 4.79 Å². The summed E-state index contributed by atoms with van der Waals surface area (Å²) in [4.78, 5) is 12.3. The average molecular weight is 377 g/mol. The van der Waals surface area contributed by atoms with Crippen LogP contribution in [0.2, 0.25) is 0 Å². The van der Waals surface area contributed by atoms with E-state index in [1.807, 2.05) is 67.6 Å². The number of halogens is 1. The van der Waals surface area contributed by atoms with E-state index in [4.69, 9.17) is 10.5 Å². The third-order valence-electron chi connectivity index (χ3n) is 4.28. The molecule has 0 spiro atoms. The minimum Gasteiger partial charge on any atom is -0.376 e. The highest BCUT2D eigenvalue weighted by Crippen LogP contribution is 2.19. The zero-order valence-electron chi connectivity index (χ0n) is 15.4. The lowest BCUT2D eigenvalue weighted by molar-refractivity contribution is -0.125. The fraction of sp³-hybridized carbons (Fsp3) is 0.381. The maximum atomic E-state index is 12.3. The molecule has 2 aromatic carbocycles. The summed E-state index contributed by atoms with van der Waals surface area (Å²) < 4.78 is 5.72. The van der Waals surface area contributed by atoms with Gasteiger partial charge in [-0.2, -0.15) is 0 Å². The lowest BCUT2D eigenvalue weighted by Crippen LogP contribution is -2.38. The molecule has 5 heteroatoms. The maximum Gasteiger partial charge on any atom is 0.224 e. The molecule has 0 aromatic heterocycles. The van der Waals surface area contributed by atoms with Crippen molar-refractivity contribution in [1.29, 1.82) is 0 Å². The van der Waals surface area contributed by atoms with Crippen LogP contribution in [-0.4, -0.2) is 19.1 Å². The topological polar surface area (TPSA) is 64.4 Å². The Balaban J connectivity index is 0.00000338. The van der Waals surface area contributed by atoms with E-state index in [1.165, 1.54) is 0 Å². The van der Waals surface area contributed by atoms with E-state index in [0.29, 0.717) is 19.8 Å². The SMILES string of the molecule is CC(CNC(=O)C(C)C(N)c1ccccc1)COCc1ccccc1.Cl. The van der Waals surface area contributed by atoms with Gasteiger partial charge in [0.15, 0.2) is 0 Å². The summed E-state index contributed by atoms with van der Waals surface area (Å²) >= 11 is 0. The molecule has 4 nitrogen and oxygen atoms in total. The van der Waals surface area contributed by atoms with Crippen LogP contribution in [-0.2, 0) is 16.1 Å². The Hall–Kier alpha value is -1.88. The minimum atomic E-state index is -0.300. The minimum absolute atomic E-state index is 0. The predicted molar refractivity (Wildman–Crippen MR) is 108 cm³/mol. The summed E-state index contributed by atoms with van der Waals surface area (Å²) in [7, 11) is 0. The van der Waals surface area contributed by atoms with Crippen LogP contribution >= 0.6 is 12.4 Å². The van der Waals surface area contributed by atoms with Gasteiger partial charge in [-0.05, 0) is 17.0 Å². The largest absolute Gasteiger partial charge is 0.376 e. The molecule has 0 aliphatic rings. The number of nitrogens with one attached hydrogen (secondary N) is 1. The summed E-state index contributed by atoms with van der Waals surface area (Å²) in [5.74, 6) is -0.0566. The Morgan fingerprint density at radius 2 is 1.62 bits per heavy atom. The molecule has 0 bridgehead atoms. The van der Waals surface area contributed by atoms with Gasteiger partial charge in [-0.1, -0.05) is 74.5 Å². The number of nitrogens with two attached hydrogens (primary N) is 1. The first kappa shape index (κ1) is 22.2. The molecule has 3 unspecified atom stereocenters. The predicted octanol–water partition coefficient (Wildman–Crippen LogP) is 3.71. The highest BCUT2D eigenvalue weighted by molar-refractivity contribution is 5.85. The first-order valence-electron chi connectivity index (χ1n) is 8.78. The quantitative estimate of drug-likeness (QED) is 0.701. The van der Waals surface area contributed by atoms with Gasteiger partial charge in [0, 0.05) is 12.6 Å². The molecule has 0 aliphatic carbocycles. The number of carbonyl (C=O) groups excluding carboxylic acids is 1. The van der Waals surface area contributed by atoms with Crippen LogP contribution in [0.25, 0.3) is 0 Å². The van der Waals surface area contributed by atoms with Gasteiger partial charge in [-0.25, -0.2) is 0 Å². The zero-order chi connectivity index (χ0) is 18.1. The Bertz CT molecular complexity index is 637. The van der Waals surface area contributed by atoms with Gasteiger partial charge in [0.25, 0.3) is 0 Å². The lowest BCUT2D eigenvalue weighted by Gasteiger charge is -2.21. The van der Waals surface area contributed by atoms with Crippen LogP contribution in [0.1, 0.15) is 31.0 Å². The average Bonchev–Trinajstić information content (AvgIpc) is 2.66. The number of carbonyl (C=O) groups is 1. The van der Waals surface area contributed by atoms with Crippen LogP contribution in [0, 0.1) is 11.8 Å². The van der Waals surface area contributed by atoms with Gasteiger partial charge in [-0.3, -0.25) is 4.79 Å². The highest BCUT2D eigenvalue weighted by atomic mass is 35.5. The third kappa shape index (κ3) is 7.16. The van der Waals surface area contributed by atoms with Gasteiger partial charge >= 0.3 is 0 Å². The molecule has 0 aliphatic heterocycles. The van der Waals surface area contributed by atoms with Gasteiger partial charge in [0.2, 0.25) is 5.91 Å². The van der Waals surface area contributed by atoms with E-state index in [0.717, 1.165) is 11.1 Å². The molecule has 0 fully saturated rings. The van der Waals surface area contributed by atoms with Crippen LogP contribution in [0.5, 0.6) is 0 Å². The van der Waals surface area contributed by atoms with Crippen LogP contribution < -0.4 is 11.1 Å². The number of rotatable bonds is 9. The third-order valence-corrected chi connectivity index (χ3v) is 4.28. The molecule has 2 rings (SSSR count). The molecule has 0 radical (unpaired) electrons.